The third-order valence-electron chi connectivity index (χ3n) is 3.01. The van der Waals surface area contributed by atoms with Crippen molar-refractivity contribution in [1.82, 2.24) is 15.3 Å². The van der Waals surface area contributed by atoms with Gasteiger partial charge in [-0.2, -0.15) is 4.98 Å². The molecule has 94 valence electrons. The van der Waals surface area contributed by atoms with Crippen LogP contribution in [0.2, 0.25) is 0 Å². The second-order valence-electron chi connectivity index (χ2n) is 5.48. The van der Waals surface area contributed by atoms with Crippen LogP contribution in [0.5, 0.6) is 5.88 Å². The van der Waals surface area contributed by atoms with Gasteiger partial charge in [-0.1, -0.05) is 20.8 Å². The molecule has 2 rings (SSSR count). The van der Waals surface area contributed by atoms with Crippen LogP contribution in [-0.4, -0.2) is 30.2 Å². The molecule has 1 aromatic heterocycles. The number of nitrogens with zero attached hydrogens (tertiary/aromatic N) is 2. The average Bonchev–Trinajstić information content (AvgIpc) is 2.51. The lowest BCUT2D eigenvalue weighted by Crippen LogP contribution is -2.19. The van der Waals surface area contributed by atoms with Gasteiger partial charge < -0.3 is 10.1 Å². The first-order valence-corrected chi connectivity index (χ1v) is 6.17. The van der Waals surface area contributed by atoms with Gasteiger partial charge in [0.15, 0.2) is 0 Å². The van der Waals surface area contributed by atoms with E-state index in [9.17, 15) is 0 Å². The predicted octanol–water partition coefficient (Wildman–Crippen LogP) is 1.47. The molecule has 0 fully saturated rings. The van der Waals surface area contributed by atoms with Crippen LogP contribution in [0.3, 0.4) is 0 Å². The maximum absolute atomic E-state index is 5.43. The Kier molecular flexibility index (Phi) is 3.33. The third kappa shape index (κ3) is 2.57. The Bertz CT molecular complexity index is 410. The van der Waals surface area contributed by atoms with Crippen LogP contribution in [0.4, 0.5) is 0 Å². The highest BCUT2D eigenvalue weighted by molar-refractivity contribution is 5.33. The molecular weight excluding hydrogens is 214 g/mol. The molecule has 0 spiro atoms. The average molecular weight is 235 g/mol. The number of nitrogens with one attached hydrogen (secondary N) is 1. The third-order valence-corrected chi connectivity index (χ3v) is 3.01. The maximum Gasteiger partial charge on any atom is 0.219 e. The summed E-state index contributed by atoms with van der Waals surface area (Å²) in [5.41, 5.74) is 2.28. The van der Waals surface area contributed by atoms with Crippen molar-refractivity contribution in [3.63, 3.8) is 0 Å². The van der Waals surface area contributed by atoms with Crippen LogP contribution in [0, 0.1) is 0 Å². The maximum atomic E-state index is 5.43. The number of hydrogen-bond donors (Lipinski definition) is 1. The minimum absolute atomic E-state index is 0.0396. The summed E-state index contributed by atoms with van der Waals surface area (Å²) in [6.45, 7) is 8.34. The smallest absolute Gasteiger partial charge is 0.219 e. The predicted molar refractivity (Wildman–Crippen MR) is 67.6 cm³/mol. The molecule has 4 heteroatoms. The van der Waals surface area contributed by atoms with Gasteiger partial charge in [0.05, 0.1) is 12.8 Å². The van der Waals surface area contributed by atoms with Gasteiger partial charge in [-0.25, -0.2) is 4.98 Å². The van der Waals surface area contributed by atoms with E-state index < -0.39 is 0 Å². The molecule has 0 radical (unpaired) electrons. The largest absolute Gasteiger partial charge is 0.481 e. The minimum Gasteiger partial charge on any atom is -0.481 e. The van der Waals surface area contributed by atoms with Crippen LogP contribution >= 0.6 is 0 Å². The Morgan fingerprint density at radius 2 is 1.82 bits per heavy atom. The molecule has 0 saturated carbocycles. The quantitative estimate of drug-likeness (QED) is 0.800. The summed E-state index contributed by atoms with van der Waals surface area (Å²) in [4.78, 5) is 9.28. The molecule has 0 aromatic carbocycles. The lowest BCUT2D eigenvalue weighted by atomic mass is 9.95. The summed E-state index contributed by atoms with van der Waals surface area (Å²) in [6, 6.07) is 0. The van der Waals surface area contributed by atoms with Crippen molar-refractivity contribution in [1.29, 1.82) is 0 Å². The van der Waals surface area contributed by atoms with E-state index in [-0.39, 0.29) is 5.41 Å². The zero-order valence-corrected chi connectivity index (χ0v) is 11.1. The highest BCUT2D eigenvalue weighted by Crippen LogP contribution is 2.26. The standard InChI is InChI=1S/C13H21N3O/c1-13(2,3)12-15-10-6-8-14-7-5-9(10)11(16-12)17-4/h14H,5-8H2,1-4H3. The van der Waals surface area contributed by atoms with Gasteiger partial charge >= 0.3 is 0 Å². The summed E-state index contributed by atoms with van der Waals surface area (Å²) < 4.78 is 5.43. The van der Waals surface area contributed by atoms with Crippen molar-refractivity contribution in [2.24, 2.45) is 0 Å². The van der Waals surface area contributed by atoms with Crippen LogP contribution in [0.1, 0.15) is 37.9 Å². The van der Waals surface area contributed by atoms with Gasteiger partial charge in [0, 0.05) is 23.9 Å². The number of fused-ring (bicyclic) bond motifs is 1. The lowest BCUT2D eigenvalue weighted by molar-refractivity contribution is 0.382. The molecule has 1 aliphatic rings. The number of rotatable bonds is 1. The van der Waals surface area contributed by atoms with Gasteiger partial charge in [0.2, 0.25) is 5.88 Å². The number of hydrogen-bond acceptors (Lipinski definition) is 4. The second-order valence-corrected chi connectivity index (χ2v) is 5.48. The Morgan fingerprint density at radius 1 is 1.12 bits per heavy atom. The Labute approximate surface area is 103 Å². The Balaban J connectivity index is 2.51. The van der Waals surface area contributed by atoms with Crippen LogP contribution < -0.4 is 10.1 Å². The Morgan fingerprint density at radius 3 is 2.47 bits per heavy atom. The topological polar surface area (TPSA) is 47.0 Å². The van der Waals surface area contributed by atoms with E-state index in [1.54, 1.807) is 7.11 Å². The lowest BCUT2D eigenvalue weighted by Gasteiger charge is -2.20. The second kappa shape index (κ2) is 4.61. The molecule has 0 bridgehead atoms. The van der Waals surface area contributed by atoms with Crippen molar-refractivity contribution in [2.75, 3.05) is 20.2 Å². The summed E-state index contributed by atoms with van der Waals surface area (Å²) >= 11 is 0. The summed E-state index contributed by atoms with van der Waals surface area (Å²) in [7, 11) is 1.69. The van der Waals surface area contributed by atoms with Crippen LogP contribution in [0.25, 0.3) is 0 Å². The molecule has 0 unspecified atom stereocenters. The molecule has 0 amide bonds. The fourth-order valence-corrected chi connectivity index (χ4v) is 2.01. The fourth-order valence-electron chi connectivity index (χ4n) is 2.01. The molecule has 1 N–H and O–H groups in total. The zero-order valence-electron chi connectivity index (χ0n) is 11.1. The summed E-state index contributed by atoms with van der Waals surface area (Å²) in [6.07, 6.45) is 1.90. The van der Waals surface area contributed by atoms with Crippen molar-refractivity contribution < 1.29 is 4.74 Å². The van der Waals surface area contributed by atoms with Crippen LogP contribution in [-0.2, 0) is 18.3 Å². The summed E-state index contributed by atoms with van der Waals surface area (Å²) in [5, 5.41) is 3.38. The van der Waals surface area contributed by atoms with Gasteiger partial charge in [0.1, 0.15) is 5.82 Å². The number of aromatic nitrogens is 2. The molecule has 1 aliphatic heterocycles. The Hall–Kier alpha value is -1.16. The highest BCUT2D eigenvalue weighted by atomic mass is 16.5. The molecule has 0 saturated heterocycles. The number of methoxy groups -OCH3 is 1. The highest BCUT2D eigenvalue weighted by Gasteiger charge is 2.23. The van der Waals surface area contributed by atoms with E-state index in [2.05, 4.69) is 31.1 Å². The SMILES string of the molecule is COc1nc(C(C)(C)C)nc2c1CCNCC2. The fraction of sp³-hybridized carbons (Fsp3) is 0.692. The molecule has 0 aliphatic carbocycles. The molecule has 2 heterocycles. The van der Waals surface area contributed by atoms with Gasteiger partial charge in [-0.3, -0.25) is 0 Å². The van der Waals surface area contributed by atoms with E-state index in [0.29, 0.717) is 0 Å². The summed E-state index contributed by atoms with van der Waals surface area (Å²) in [5.74, 6) is 1.62. The van der Waals surface area contributed by atoms with Crippen molar-refractivity contribution in [3.8, 4) is 5.88 Å². The van der Waals surface area contributed by atoms with Gasteiger partial charge in [-0.15, -0.1) is 0 Å². The molecule has 0 atom stereocenters. The van der Waals surface area contributed by atoms with Gasteiger partial charge in [0.25, 0.3) is 0 Å². The first kappa shape index (κ1) is 12.3. The zero-order chi connectivity index (χ0) is 12.5. The molecule has 1 aromatic rings. The van der Waals surface area contributed by atoms with E-state index in [1.807, 2.05) is 0 Å². The van der Waals surface area contributed by atoms with Crippen molar-refractivity contribution in [3.05, 3.63) is 17.1 Å². The first-order chi connectivity index (χ1) is 8.02. The normalized spacial score (nSPS) is 16.2. The van der Waals surface area contributed by atoms with E-state index >= 15 is 0 Å². The van der Waals surface area contributed by atoms with Crippen LogP contribution in [0.15, 0.2) is 0 Å². The van der Waals surface area contributed by atoms with E-state index in [1.165, 1.54) is 5.56 Å². The van der Waals surface area contributed by atoms with Crippen molar-refractivity contribution >= 4 is 0 Å². The van der Waals surface area contributed by atoms with Gasteiger partial charge in [-0.05, 0) is 13.0 Å². The van der Waals surface area contributed by atoms with E-state index in [4.69, 9.17) is 9.72 Å². The first-order valence-electron chi connectivity index (χ1n) is 6.17. The molecule has 4 nitrogen and oxygen atoms in total. The monoisotopic (exact) mass is 235 g/mol. The van der Waals surface area contributed by atoms with Crippen molar-refractivity contribution in [2.45, 2.75) is 39.0 Å². The minimum atomic E-state index is -0.0396. The molecule has 17 heavy (non-hydrogen) atoms. The van der Waals surface area contributed by atoms with E-state index in [0.717, 1.165) is 43.3 Å². The molecular formula is C13H21N3O. The number of ether oxygens (including phenoxy) is 1.